The van der Waals surface area contributed by atoms with Gasteiger partial charge in [0.15, 0.2) is 0 Å². The molecule has 2 rings (SSSR count). The minimum absolute atomic E-state index is 0.111. The van der Waals surface area contributed by atoms with Gasteiger partial charge in [-0.2, -0.15) is 0 Å². The van der Waals surface area contributed by atoms with Crippen molar-refractivity contribution in [2.75, 3.05) is 26.8 Å². The molecular weight excluding hydrogens is 226 g/mol. The fourth-order valence-electron chi connectivity index (χ4n) is 2.39. The molecule has 0 radical (unpaired) electrons. The molecule has 2 atom stereocenters. The SMILES string of the molecule is CNCC(OCC1CCCO1)c1ccccc1C. The lowest BCUT2D eigenvalue weighted by atomic mass is 10.0. The van der Waals surface area contributed by atoms with Crippen LogP contribution >= 0.6 is 0 Å². The van der Waals surface area contributed by atoms with Crippen LogP contribution in [0.15, 0.2) is 24.3 Å². The molecule has 1 N–H and O–H groups in total. The van der Waals surface area contributed by atoms with Crippen LogP contribution in [-0.2, 0) is 9.47 Å². The topological polar surface area (TPSA) is 30.5 Å². The quantitative estimate of drug-likeness (QED) is 0.840. The Morgan fingerprint density at radius 1 is 1.44 bits per heavy atom. The van der Waals surface area contributed by atoms with Crippen LogP contribution in [0.1, 0.15) is 30.1 Å². The number of benzene rings is 1. The molecular formula is C15H23NO2. The monoisotopic (exact) mass is 249 g/mol. The summed E-state index contributed by atoms with van der Waals surface area (Å²) in [6.07, 6.45) is 2.68. The maximum Gasteiger partial charge on any atom is 0.0952 e. The molecule has 0 aliphatic carbocycles. The molecule has 1 aromatic rings. The van der Waals surface area contributed by atoms with Gasteiger partial charge in [0.05, 0.1) is 18.8 Å². The summed E-state index contributed by atoms with van der Waals surface area (Å²) in [7, 11) is 1.96. The second kappa shape index (κ2) is 6.88. The Morgan fingerprint density at radius 2 is 2.28 bits per heavy atom. The molecule has 100 valence electrons. The molecule has 1 aliphatic heterocycles. The van der Waals surface area contributed by atoms with Crippen molar-refractivity contribution in [2.24, 2.45) is 0 Å². The van der Waals surface area contributed by atoms with Gasteiger partial charge in [-0.05, 0) is 37.9 Å². The molecule has 1 fully saturated rings. The number of rotatable bonds is 6. The predicted octanol–water partition coefficient (Wildman–Crippen LogP) is 2.45. The van der Waals surface area contributed by atoms with Crippen LogP contribution < -0.4 is 5.32 Å². The lowest BCUT2D eigenvalue weighted by Crippen LogP contribution is -2.24. The largest absolute Gasteiger partial charge is 0.376 e. The molecule has 0 amide bonds. The van der Waals surface area contributed by atoms with Gasteiger partial charge in [-0.15, -0.1) is 0 Å². The zero-order chi connectivity index (χ0) is 12.8. The van der Waals surface area contributed by atoms with Crippen molar-refractivity contribution in [1.82, 2.24) is 5.32 Å². The summed E-state index contributed by atoms with van der Waals surface area (Å²) < 4.78 is 11.6. The van der Waals surface area contributed by atoms with E-state index in [1.807, 2.05) is 7.05 Å². The zero-order valence-corrected chi connectivity index (χ0v) is 11.3. The van der Waals surface area contributed by atoms with Gasteiger partial charge in [0.1, 0.15) is 0 Å². The minimum Gasteiger partial charge on any atom is -0.376 e. The van der Waals surface area contributed by atoms with Crippen molar-refractivity contribution in [3.05, 3.63) is 35.4 Å². The third kappa shape index (κ3) is 3.55. The predicted molar refractivity (Wildman–Crippen MR) is 72.8 cm³/mol. The Labute approximate surface area is 109 Å². The number of ether oxygens (including phenoxy) is 2. The summed E-state index contributed by atoms with van der Waals surface area (Å²) in [5.41, 5.74) is 2.55. The Bertz CT molecular complexity index is 361. The van der Waals surface area contributed by atoms with Gasteiger partial charge in [0, 0.05) is 13.2 Å². The first-order chi connectivity index (χ1) is 8.81. The van der Waals surface area contributed by atoms with Crippen LogP contribution in [-0.4, -0.2) is 32.9 Å². The summed E-state index contributed by atoms with van der Waals surface area (Å²) in [6.45, 7) is 4.54. The summed E-state index contributed by atoms with van der Waals surface area (Å²) >= 11 is 0. The van der Waals surface area contributed by atoms with E-state index in [1.165, 1.54) is 11.1 Å². The smallest absolute Gasteiger partial charge is 0.0952 e. The molecule has 2 unspecified atom stereocenters. The maximum atomic E-state index is 6.05. The van der Waals surface area contributed by atoms with Crippen LogP contribution in [0.4, 0.5) is 0 Å². The van der Waals surface area contributed by atoms with Crippen LogP contribution in [0, 0.1) is 6.92 Å². The zero-order valence-electron chi connectivity index (χ0n) is 11.3. The summed E-state index contributed by atoms with van der Waals surface area (Å²) in [5, 5.41) is 3.20. The highest BCUT2D eigenvalue weighted by atomic mass is 16.5. The molecule has 1 aliphatic rings. The van der Waals surface area contributed by atoms with E-state index in [0.29, 0.717) is 6.61 Å². The fraction of sp³-hybridized carbons (Fsp3) is 0.600. The lowest BCUT2D eigenvalue weighted by molar-refractivity contribution is -0.0206. The molecule has 0 aromatic heterocycles. The van der Waals surface area contributed by atoms with E-state index in [1.54, 1.807) is 0 Å². The maximum absolute atomic E-state index is 6.05. The Hall–Kier alpha value is -0.900. The second-order valence-corrected chi connectivity index (χ2v) is 4.87. The van der Waals surface area contributed by atoms with Crippen molar-refractivity contribution in [2.45, 2.75) is 32.0 Å². The van der Waals surface area contributed by atoms with E-state index in [4.69, 9.17) is 9.47 Å². The van der Waals surface area contributed by atoms with Crippen molar-refractivity contribution in [1.29, 1.82) is 0 Å². The van der Waals surface area contributed by atoms with Crippen molar-refractivity contribution < 1.29 is 9.47 Å². The third-order valence-corrected chi connectivity index (χ3v) is 3.43. The first-order valence-corrected chi connectivity index (χ1v) is 6.74. The fourth-order valence-corrected chi connectivity index (χ4v) is 2.39. The van der Waals surface area contributed by atoms with E-state index < -0.39 is 0 Å². The standard InChI is InChI=1S/C15H23NO2/c1-12-6-3-4-8-14(12)15(10-16-2)18-11-13-7-5-9-17-13/h3-4,6,8,13,15-16H,5,7,9-11H2,1-2H3. The van der Waals surface area contributed by atoms with E-state index in [-0.39, 0.29) is 12.2 Å². The molecule has 18 heavy (non-hydrogen) atoms. The Kier molecular flexibility index (Phi) is 5.17. The number of likely N-dealkylation sites (N-methyl/N-ethyl adjacent to an activating group) is 1. The highest BCUT2D eigenvalue weighted by Crippen LogP contribution is 2.22. The van der Waals surface area contributed by atoms with Gasteiger partial charge in [-0.25, -0.2) is 0 Å². The van der Waals surface area contributed by atoms with Crippen molar-refractivity contribution in [3.63, 3.8) is 0 Å². The number of aryl methyl sites for hydroxylation is 1. The van der Waals surface area contributed by atoms with E-state index in [2.05, 4.69) is 36.5 Å². The van der Waals surface area contributed by atoms with Gasteiger partial charge in [0.25, 0.3) is 0 Å². The molecule has 1 heterocycles. The number of nitrogens with one attached hydrogen (secondary N) is 1. The second-order valence-electron chi connectivity index (χ2n) is 4.87. The molecule has 0 saturated carbocycles. The molecule has 0 spiro atoms. The number of hydrogen-bond acceptors (Lipinski definition) is 3. The van der Waals surface area contributed by atoms with Gasteiger partial charge < -0.3 is 14.8 Å². The van der Waals surface area contributed by atoms with Crippen LogP contribution in [0.5, 0.6) is 0 Å². The molecule has 3 heteroatoms. The van der Waals surface area contributed by atoms with Gasteiger partial charge >= 0.3 is 0 Å². The Balaban J connectivity index is 1.96. The molecule has 3 nitrogen and oxygen atoms in total. The summed E-state index contributed by atoms with van der Waals surface area (Å²) in [6, 6.07) is 8.41. The van der Waals surface area contributed by atoms with Crippen molar-refractivity contribution in [3.8, 4) is 0 Å². The highest BCUT2D eigenvalue weighted by molar-refractivity contribution is 5.28. The third-order valence-electron chi connectivity index (χ3n) is 3.43. The highest BCUT2D eigenvalue weighted by Gasteiger charge is 2.19. The minimum atomic E-state index is 0.111. The van der Waals surface area contributed by atoms with E-state index in [9.17, 15) is 0 Å². The molecule has 1 aromatic carbocycles. The average Bonchev–Trinajstić information content (AvgIpc) is 2.88. The molecule has 1 saturated heterocycles. The van der Waals surface area contributed by atoms with E-state index >= 15 is 0 Å². The number of hydrogen-bond donors (Lipinski definition) is 1. The van der Waals surface area contributed by atoms with Crippen LogP contribution in [0.25, 0.3) is 0 Å². The average molecular weight is 249 g/mol. The summed E-state index contributed by atoms with van der Waals surface area (Å²) in [5.74, 6) is 0. The normalized spacial score (nSPS) is 21.1. The first-order valence-electron chi connectivity index (χ1n) is 6.74. The van der Waals surface area contributed by atoms with Gasteiger partial charge in [0.2, 0.25) is 0 Å². The van der Waals surface area contributed by atoms with Gasteiger partial charge in [-0.3, -0.25) is 0 Å². The lowest BCUT2D eigenvalue weighted by Gasteiger charge is -2.21. The Morgan fingerprint density at radius 3 is 2.94 bits per heavy atom. The summed E-state index contributed by atoms with van der Waals surface area (Å²) in [4.78, 5) is 0. The van der Waals surface area contributed by atoms with E-state index in [0.717, 1.165) is 26.0 Å². The van der Waals surface area contributed by atoms with Crippen LogP contribution in [0.3, 0.4) is 0 Å². The first kappa shape index (κ1) is 13.5. The van der Waals surface area contributed by atoms with Crippen LogP contribution in [0.2, 0.25) is 0 Å². The van der Waals surface area contributed by atoms with Gasteiger partial charge in [-0.1, -0.05) is 24.3 Å². The van der Waals surface area contributed by atoms with Crippen molar-refractivity contribution >= 4 is 0 Å². The molecule has 0 bridgehead atoms.